The van der Waals surface area contributed by atoms with E-state index in [9.17, 15) is 61.0 Å². The minimum Gasteiger partial charge on any atom is -0.388 e. The molecule has 1 heterocycles. The van der Waals surface area contributed by atoms with Crippen molar-refractivity contribution in [1.29, 1.82) is 5.26 Å². The number of halogens is 6. The number of nitro benzene ring substituents is 2. The van der Waals surface area contributed by atoms with Crippen LogP contribution in [0.4, 0.5) is 37.7 Å². The van der Waals surface area contributed by atoms with E-state index in [1.165, 1.54) is 36.4 Å². The summed E-state index contributed by atoms with van der Waals surface area (Å²) in [7, 11) is 5.31. The van der Waals surface area contributed by atoms with Crippen molar-refractivity contribution < 1.29 is 60.0 Å². The first kappa shape index (κ1) is 44.9. The summed E-state index contributed by atoms with van der Waals surface area (Å²) >= 11 is 0. The number of nitro groups is 2. The van der Waals surface area contributed by atoms with E-state index in [0.717, 1.165) is 25.0 Å². The van der Waals surface area contributed by atoms with Crippen molar-refractivity contribution in [3.05, 3.63) is 79.9 Å². The zero-order valence-electron chi connectivity index (χ0n) is 27.4. The SMILES string of the molecule is CC(=O)OC(=O)C(F)(F)F.CC(C)(C#N)c1ccc([N+](=O)[O-])cc1.CC(C)(CNC(=O)C(F)(F)F)c1ccc([N+](=O)[O-])cc1.[B]C1CCCO1. The molecule has 0 spiro atoms. The van der Waals surface area contributed by atoms with Gasteiger partial charge in [0.15, 0.2) is 0 Å². The van der Waals surface area contributed by atoms with E-state index in [0.29, 0.717) is 12.5 Å². The highest BCUT2D eigenvalue weighted by molar-refractivity contribution is 6.11. The van der Waals surface area contributed by atoms with Gasteiger partial charge in [0, 0.05) is 55.8 Å². The lowest BCUT2D eigenvalue weighted by Crippen LogP contribution is -2.43. The first-order valence-electron chi connectivity index (χ1n) is 14.2. The molecule has 20 heteroatoms. The maximum absolute atomic E-state index is 12.1. The highest BCUT2D eigenvalue weighted by atomic mass is 19.4. The van der Waals surface area contributed by atoms with Crippen LogP contribution >= 0.6 is 0 Å². The van der Waals surface area contributed by atoms with Gasteiger partial charge in [0.1, 0.15) is 7.85 Å². The van der Waals surface area contributed by atoms with Crippen molar-refractivity contribution in [3.63, 3.8) is 0 Å². The molecule has 1 amide bonds. The molecule has 1 atom stereocenters. The number of amides is 1. The minimum atomic E-state index is -5.09. The van der Waals surface area contributed by atoms with E-state index in [2.05, 4.69) is 10.8 Å². The molecule has 1 aliphatic rings. The number of ether oxygens (including phenoxy) is 2. The maximum atomic E-state index is 12.1. The number of nitrogens with zero attached hydrogens (tertiary/aromatic N) is 3. The summed E-state index contributed by atoms with van der Waals surface area (Å²) in [5.41, 5.74) is -0.0759. The highest BCUT2D eigenvalue weighted by Crippen LogP contribution is 2.26. The van der Waals surface area contributed by atoms with Gasteiger partial charge in [0.2, 0.25) is 0 Å². The summed E-state index contributed by atoms with van der Waals surface area (Å²) in [6, 6.07) is 13.7. The Morgan fingerprint density at radius 1 is 0.900 bits per heavy atom. The third-order valence-electron chi connectivity index (χ3n) is 6.32. The Kier molecular flexibility index (Phi) is 17.3. The van der Waals surface area contributed by atoms with Gasteiger partial charge in [0.25, 0.3) is 11.4 Å². The lowest BCUT2D eigenvalue weighted by Gasteiger charge is -2.25. The molecule has 1 fully saturated rings. The second kappa shape index (κ2) is 19.2. The predicted molar refractivity (Wildman–Crippen MR) is 164 cm³/mol. The molecule has 1 N–H and O–H groups in total. The van der Waals surface area contributed by atoms with Gasteiger partial charge in [-0.2, -0.15) is 31.6 Å². The molecule has 0 bridgehead atoms. The van der Waals surface area contributed by atoms with Gasteiger partial charge in [-0.15, -0.1) is 0 Å². The molecule has 3 rings (SSSR count). The molecule has 50 heavy (non-hydrogen) atoms. The third kappa shape index (κ3) is 16.9. The molecule has 0 aliphatic carbocycles. The minimum absolute atomic E-state index is 0.0440. The zero-order chi connectivity index (χ0) is 39.1. The topological polar surface area (TPSA) is 192 Å². The van der Waals surface area contributed by atoms with Crippen LogP contribution in [0.5, 0.6) is 0 Å². The van der Waals surface area contributed by atoms with Crippen LogP contribution in [-0.2, 0) is 34.7 Å². The van der Waals surface area contributed by atoms with Gasteiger partial charge < -0.3 is 14.8 Å². The van der Waals surface area contributed by atoms with Gasteiger partial charge in [0.05, 0.1) is 21.3 Å². The number of carbonyl (C=O) groups is 3. The molecule has 2 aromatic carbocycles. The highest BCUT2D eigenvalue weighted by Gasteiger charge is 2.42. The summed E-state index contributed by atoms with van der Waals surface area (Å²) in [6.07, 6.45) is -7.83. The monoisotopic (exact) mass is 718 g/mol. The Bertz CT molecular complexity index is 1500. The average Bonchev–Trinajstić information content (AvgIpc) is 3.50. The first-order valence-corrected chi connectivity index (χ1v) is 14.2. The van der Waals surface area contributed by atoms with Crippen molar-refractivity contribution in [1.82, 2.24) is 5.32 Å². The fourth-order valence-electron chi connectivity index (χ4n) is 3.39. The van der Waals surface area contributed by atoms with Crippen molar-refractivity contribution in [2.24, 2.45) is 0 Å². The number of nitriles is 1. The molecule has 0 aromatic heterocycles. The van der Waals surface area contributed by atoms with Crippen LogP contribution in [0.25, 0.3) is 0 Å². The van der Waals surface area contributed by atoms with Gasteiger partial charge in [-0.3, -0.25) is 29.8 Å². The van der Waals surface area contributed by atoms with Crippen LogP contribution in [-0.4, -0.2) is 67.0 Å². The van der Waals surface area contributed by atoms with Crippen LogP contribution < -0.4 is 5.32 Å². The maximum Gasteiger partial charge on any atom is 0.491 e. The van der Waals surface area contributed by atoms with E-state index in [4.69, 9.17) is 17.8 Å². The molecule has 2 radical (unpaired) electrons. The second-order valence-corrected chi connectivity index (χ2v) is 11.3. The van der Waals surface area contributed by atoms with Gasteiger partial charge in [-0.1, -0.05) is 38.1 Å². The Morgan fingerprint density at radius 3 is 1.60 bits per heavy atom. The van der Waals surface area contributed by atoms with E-state index >= 15 is 0 Å². The van der Waals surface area contributed by atoms with Gasteiger partial charge >= 0.3 is 30.2 Å². The summed E-state index contributed by atoms with van der Waals surface area (Å²) < 4.78 is 77.9. The fourth-order valence-corrected chi connectivity index (χ4v) is 3.39. The normalized spacial score (nSPS) is 14.1. The number of esters is 2. The van der Waals surface area contributed by atoms with Crippen molar-refractivity contribution in [2.45, 2.75) is 76.6 Å². The van der Waals surface area contributed by atoms with Crippen molar-refractivity contribution in [3.8, 4) is 6.07 Å². The molecule has 1 aliphatic heterocycles. The zero-order valence-corrected chi connectivity index (χ0v) is 27.4. The second-order valence-electron chi connectivity index (χ2n) is 11.3. The number of non-ortho nitro benzene ring substituents is 2. The lowest BCUT2D eigenvalue weighted by molar-refractivity contribution is -0.385. The molecule has 13 nitrogen and oxygen atoms in total. The van der Waals surface area contributed by atoms with E-state index in [1.54, 1.807) is 45.1 Å². The van der Waals surface area contributed by atoms with E-state index in [1.807, 2.05) is 0 Å². The van der Waals surface area contributed by atoms with Crippen LogP contribution in [0.15, 0.2) is 48.5 Å². The number of alkyl halides is 6. The molecule has 1 saturated heterocycles. The summed E-state index contributed by atoms with van der Waals surface area (Å²) in [5, 5.41) is 31.5. The summed E-state index contributed by atoms with van der Waals surface area (Å²) in [6.45, 7) is 8.14. The molecule has 272 valence electrons. The Morgan fingerprint density at radius 2 is 1.34 bits per heavy atom. The summed E-state index contributed by atoms with van der Waals surface area (Å²) in [4.78, 5) is 50.1. The number of rotatable bonds is 6. The Labute approximate surface area is 283 Å². The molecule has 2 aromatic rings. The van der Waals surface area contributed by atoms with E-state index < -0.39 is 50.9 Å². The lowest BCUT2D eigenvalue weighted by atomic mass is 9.84. The number of hydrogen-bond donors (Lipinski definition) is 1. The standard InChI is InChI=1S/C12H13F3N2O3.C10H10N2O2.C4H7BO.C4H3F3O3/c1-11(2,7-16-10(18)12(13,14)15)8-3-5-9(6-4-8)17(19)20;1-10(2,7-11)8-3-5-9(6-4-8)12(13)14;5-4-2-1-3-6-4;1-2(8)10-3(9)4(5,6)7/h3-6H,7H2,1-2H3,(H,16,18);3-6H,1-2H3;4H,1-3H2;1H3. The molecule has 0 saturated carbocycles. The van der Waals surface area contributed by atoms with Crippen LogP contribution in [0, 0.1) is 31.6 Å². The Balaban J connectivity index is 0.000000694. The Hall–Kier alpha value is -5.06. The number of benzene rings is 2. The van der Waals surface area contributed by atoms with Crippen molar-refractivity contribution in [2.75, 3.05) is 13.2 Å². The van der Waals surface area contributed by atoms with E-state index in [-0.39, 0.29) is 23.9 Å². The average molecular weight is 718 g/mol. The fraction of sp³-hybridized carbons (Fsp3) is 0.467. The number of hydrogen-bond acceptors (Lipinski definition) is 10. The van der Waals surface area contributed by atoms with Gasteiger partial charge in [-0.05, 0) is 37.8 Å². The number of nitrogens with one attached hydrogen (secondary N) is 1. The van der Waals surface area contributed by atoms with Gasteiger partial charge in [-0.25, -0.2) is 4.79 Å². The third-order valence-corrected chi connectivity index (χ3v) is 6.32. The summed E-state index contributed by atoms with van der Waals surface area (Å²) in [5.74, 6) is -5.77. The largest absolute Gasteiger partial charge is 0.491 e. The van der Waals surface area contributed by atoms with Crippen LogP contribution in [0.1, 0.15) is 58.6 Å². The molecule has 1 unspecified atom stereocenters. The molecular formula is C30H33BF6N4O9. The number of carbonyl (C=O) groups excluding carboxylic acids is 3. The van der Waals surface area contributed by atoms with Crippen LogP contribution in [0.2, 0.25) is 0 Å². The quantitative estimate of drug-likeness (QED) is 0.0943. The smallest absolute Gasteiger partial charge is 0.388 e. The van der Waals surface area contributed by atoms with Crippen molar-refractivity contribution >= 4 is 37.1 Å². The first-order chi connectivity index (χ1) is 22.7. The predicted octanol–water partition coefficient (Wildman–Crippen LogP) is 5.88. The van der Waals surface area contributed by atoms with Crippen LogP contribution in [0.3, 0.4) is 0 Å². The molecular weight excluding hydrogens is 685 g/mol.